The fourth-order valence-corrected chi connectivity index (χ4v) is 6.17. The van der Waals surface area contributed by atoms with Crippen molar-refractivity contribution in [2.75, 3.05) is 17.7 Å². The van der Waals surface area contributed by atoms with Gasteiger partial charge in [-0.3, -0.25) is 11.7 Å². The van der Waals surface area contributed by atoms with Crippen molar-refractivity contribution in [2.24, 2.45) is 11.7 Å². The van der Waals surface area contributed by atoms with Crippen LogP contribution in [0.1, 0.15) is 39.7 Å². The lowest BCUT2D eigenvalue weighted by Gasteiger charge is -2.21. The molecule has 5 heteroatoms. The second kappa shape index (κ2) is 21.1. The van der Waals surface area contributed by atoms with E-state index in [0.29, 0.717) is 0 Å². The minimum Gasteiger partial charge on any atom is -0.399 e. The quantitative estimate of drug-likeness (QED) is 0.0757. The predicted octanol–water partition coefficient (Wildman–Crippen LogP) is 8.98. The number of allylic oxidation sites excluding steroid dienone is 4. The number of rotatable bonds is 6. The molecular formula is C41H50N4S. The van der Waals surface area contributed by atoms with Crippen LogP contribution in [0.5, 0.6) is 0 Å². The van der Waals surface area contributed by atoms with E-state index in [-0.39, 0.29) is 0 Å². The molecule has 240 valence electrons. The van der Waals surface area contributed by atoms with Gasteiger partial charge < -0.3 is 10.6 Å². The molecule has 1 aromatic heterocycles. The zero-order chi connectivity index (χ0) is 33.7. The molecule has 0 saturated heterocycles. The van der Waals surface area contributed by atoms with Gasteiger partial charge in [0.15, 0.2) is 0 Å². The summed E-state index contributed by atoms with van der Waals surface area (Å²) in [7, 11) is 2.14. The van der Waals surface area contributed by atoms with E-state index in [1.165, 1.54) is 47.8 Å². The number of nitrogen functional groups attached to an aromatic ring is 1. The van der Waals surface area contributed by atoms with Crippen LogP contribution in [0.3, 0.4) is 0 Å². The first-order valence-corrected chi connectivity index (χ1v) is 16.5. The lowest BCUT2D eigenvalue weighted by atomic mass is 10.0. The minimum atomic E-state index is 0.822. The summed E-state index contributed by atoms with van der Waals surface area (Å²) < 4.78 is 2.75. The number of nitrogens with zero attached hydrogens (tertiary/aromatic N) is 1. The van der Waals surface area contributed by atoms with E-state index in [9.17, 15) is 0 Å². The molecule has 6 N–H and O–H groups in total. The Morgan fingerprint density at radius 2 is 1.43 bits per heavy atom. The predicted molar refractivity (Wildman–Crippen MR) is 208 cm³/mol. The van der Waals surface area contributed by atoms with Crippen molar-refractivity contribution in [2.45, 2.75) is 40.5 Å². The second-order valence-corrected chi connectivity index (χ2v) is 11.1. The molecule has 0 radical (unpaired) electrons. The fourth-order valence-electron chi connectivity index (χ4n) is 4.83. The Morgan fingerprint density at radius 1 is 0.848 bits per heavy atom. The van der Waals surface area contributed by atoms with E-state index in [1.54, 1.807) is 0 Å². The largest absolute Gasteiger partial charge is 0.399 e. The Kier molecular flexibility index (Phi) is 17.2. The first-order valence-electron chi connectivity index (χ1n) is 15.7. The lowest BCUT2D eigenvalue weighted by Crippen LogP contribution is -2.14. The molecule has 5 aromatic rings. The van der Waals surface area contributed by atoms with E-state index in [0.717, 1.165) is 18.5 Å². The number of fused-ring (bicyclic) bond motifs is 3. The van der Waals surface area contributed by atoms with Gasteiger partial charge in [-0.25, -0.2) is 0 Å². The van der Waals surface area contributed by atoms with Gasteiger partial charge >= 0.3 is 0 Å². The third kappa shape index (κ3) is 11.0. The zero-order valence-electron chi connectivity index (χ0n) is 28.0. The van der Waals surface area contributed by atoms with E-state index in [2.05, 4.69) is 135 Å². The molecule has 1 heterocycles. The Hall–Kier alpha value is -4.68. The van der Waals surface area contributed by atoms with Crippen molar-refractivity contribution >= 4 is 44.9 Å². The van der Waals surface area contributed by atoms with Gasteiger partial charge in [-0.2, -0.15) is 0 Å². The van der Waals surface area contributed by atoms with Crippen LogP contribution in [0.15, 0.2) is 140 Å². The average Bonchev–Trinajstić information content (AvgIpc) is 3.72. The van der Waals surface area contributed by atoms with Crippen LogP contribution in [-0.2, 0) is 6.42 Å². The van der Waals surface area contributed by atoms with Gasteiger partial charge in [-0.15, -0.1) is 11.3 Å². The number of para-hydroxylation sites is 1. The average molecular weight is 631 g/mol. The molecule has 0 amide bonds. The molecule has 0 bridgehead atoms. The summed E-state index contributed by atoms with van der Waals surface area (Å²) in [5, 5.41) is 2.76. The molecule has 6 rings (SSSR count). The minimum absolute atomic E-state index is 0.822. The number of benzene rings is 4. The third-order valence-corrected chi connectivity index (χ3v) is 8.13. The smallest absolute Gasteiger partial charge is 0.0664 e. The van der Waals surface area contributed by atoms with Gasteiger partial charge in [0.25, 0.3) is 0 Å². The highest BCUT2D eigenvalue weighted by molar-refractivity contribution is 7.17. The Morgan fingerprint density at radius 3 is 1.96 bits per heavy atom. The number of hydrogen-bond acceptors (Lipinski definition) is 5. The number of hydrazine groups is 1. The summed E-state index contributed by atoms with van der Waals surface area (Å²) in [6.45, 7) is 12.0. The molecule has 1 aliphatic rings. The molecule has 0 spiro atoms. The van der Waals surface area contributed by atoms with Crippen LogP contribution in [0.2, 0.25) is 0 Å². The molecule has 1 aliphatic carbocycles. The molecule has 4 aromatic carbocycles. The second-order valence-electron chi connectivity index (χ2n) is 10.1. The van der Waals surface area contributed by atoms with Crippen LogP contribution in [0, 0.1) is 0 Å². The Balaban J connectivity index is 0.000000316. The fraction of sp³-hybridized carbons (Fsp3) is 0.171. The van der Waals surface area contributed by atoms with E-state index >= 15 is 0 Å². The highest BCUT2D eigenvalue weighted by Crippen LogP contribution is 2.38. The normalized spacial score (nSPS) is 11.1. The van der Waals surface area contributed by atoms with Crippen molar-refractivity contribution < 1.29 is 0 Å². The third-order valence-electron chi connectivity index (χ3n) is 6.90. The van der Waals surface area contributed by atoms with Crippen LogP contribution in [0.4, 0.5) is 11.4 Å². The van der Waals surface area contributed by atoms with Crippen LogP contribution in [0.25, 0.3) is 33.4 Å². The number of anilines is 2. The maximum absolute atomic E-state index is 5.36. The molecule has 46 heavy (non-hydrogen) atoms. The maximum atomic E-state index is 5.36. The molecule has 4 nitrogen and oxygen atoms in total. The molecular weight excluding hydrogens is 581 g/mol. The lowest BCUT2D eigenvalue weighted by molar-refractivity contribution is 1.14. The SMILES string of the molecule is C=C/C=C\C(C)=C/N(C)c1c(-c2ccccc2)ccc2c3c(sc12)=CCC=3.CC.CCc1ccccc1.NN.Nc1ccccc1. The van der Waals surface area contributed by atoms with Crippen molar-refractivity contribution in [1.29, 1.82) is 0 Å². The summed E-state index contributed by atoms with van der Waals surface area (Å²) in [6.07, 6.45) is 14.9. The van der Waals surface area contributed by atoms with Gasteiger partial charge in [0, 0.05) is 34.4 Å². The van der Waals surface area contributed by atoms with Gasteiger partial charge in [-0.1, -0.05) is 149 Å². The topological polar surface area (TPSA) is 81.3 Å². The summed E-state index contributed by atoms with van der Waals surface area (Å²) in [4.78, 5) is 2.26. The molecule has 0 saturated carbocycles. The highest BCUT2D eigenvalue weighted by atomic mass is 32.1. The van der Waals surface area contributed by atoms with Crippen LogP contribution < -0.4 is 32.1 Å². The van der Waals surface area contributed by atoms with Crippen molar-refractivity contribution in [3.8, 4) is 11.1 Å². The van der Waals surface area contributed by atoms with Crippen LogP contribution in [-0.4, -0.2) is 7.05 Å². The van der Waals surface area contributed by atoms with E-state index in [1.807, 2.05) is 73.7 Å². The standard InChI is InChI=1S/C25H23NS.C8H10.C6H7N.C2H6.H4N2/c1-4-5-10-18(2)17-26(3)24-20(19-11-7-6-8-12-19)15-16-22-21-13-9-14-23(21)27-25(22)24;1-2-8-6-4-3-5-7-8;7-6-4-2-1-3-5-6;2*1-2/h4-8,10-17H,1,9H2,2-3H3;3-7H,2H2,1H3;1-5H,7H2;1-2H3;1-2H2/b10-5-,18-17-;;;;. The van der Waals surface area contributed by atoms with E-state index < -0.39 is 0 Å². The maximum Gasteiger partial charge on any atom is 0.0664 e. The highest BCUT2D eigenvalue weighted by Gasteiger charge is 2.16. The van der Waals surface area contributed by atoms with Crippen LogP contribution >= 0.6 is 11.3 Å². The zero-order valence-corrected chi connectivity index (χ0v) is 28.8. The van der Waals surface area contributed by atoms with Gasteiger partial charge in [0.1, 0.15) is 0 Å². The van der Waals surface area contributed by atoms with Crippen molar-refractivity contribution in [3.05, 3.63) is 155 Å². The number of aryl methyl sites for hydroxylation is 1. The first-order chi connectivity index (χ1) is 22.5. The molecule has 0 unspecified atom stereocenters. The Labute approximate surface area is 280 Å². The van der Waals surface area contributed by atoms with E-state index in [4.69, 9.17) is 5.73 Å². The summed E-state index contributed by atoms with van der Waals surface area (Å²) >= 11 is 1.90. The summed E-state index contributed by atoms with van der Waals surface area (Å²) in [6, 6.07) is 35.1. The molecule has 0 atom stereocenters. The summed E-state index contributed by atoms with van der Waals surface area (Å²) in [5.41, 5.74) is 12.6. The Bertz CT molecular complexity index is 1770. The van der Waals surface area contributed by atoms with Crippen molar-refractivity contribution in [3.63, 3.8) is 0 Å². The number of thiophene rings is 1. The monoisotopic (exact) mass is 630 g/mol. The molecule has 0 fully saturated rings. The first kappa shape index (κ1) is 37.5. The summed E-state index contributed by atoms with van der Waals surface area (Å²) in [5.74, 6) is 8.00. The number of hydrogen-bond donors (Lipinski definition) is 3. The van der Waals surface area contributed by atoms with Gasteiger partial charge in [0.2, 0.25) is 0 Å². The number of nitrogens with two attached hydrogens (primary N) is 3. The van der Waals surface area contributed by atoms with Gasteiger partial charge in [0.05, 0.1) is 10.4 Å². The van der Waals surface area contributed by atoms with Gasteiger partial charge in [-0.05, 0) is 53.8 Å². The van der Waals surface area contributed by atoms with Crippen molar-refractivity contribution in [1.82, 2.24) is 0 Å². The molecule has 0 aliphatic heterocycles.